The lowest BCUT2D eigenvalue weighted by molar-refractivity contribution is 0.593. The van der Waals surface area contributed by atoms with Crippen LogP contribution in [-0.2, 0) is 16.4 Å². The Balaban J connectivity index is 2.22. The van der Waals surface area contributed by atoms with Crippen molar-refractivity contribution in [1.82, 2.24) is 0 Å². The van der Waals surface area contributed by atoms with Gasteiger partial charge in [-0.2, -0.15) is 0 Å². The number of anilines is 2. The van der Waals surface area contributed by atoms with Crippen LogP contribution in [0.25, 0.3) is 0 Å². The van der Waals surface area contributed by atoms with Crippen molar-refractivity contribution in [3.8, 4) is 0 Å². The summed E-state index contributed by atoms with van der Waals surface area (Å²) in [6, 6.07) is 16.9. The van der Waals surface area contributed by atoms with Crippen molar-refractivity contribution in [3.63, 3.8) is 0 Å². The zero-order valence-corrected chi connectivity index (χ0v) is 10.6. The van der Waals surface area contributed by atoms with Gasteiger partial charge in [-0.1, -0.05) is 36.4 Å². The Kier molecular flexibility index (Phi) is 2.59. The van der Waals surface area contributed by atoms with Gasteiger partial charge in [0.15, 0.2) is 0 Å². The van der Waals surface area contributed by atoms with Gasteiger partial charge in [-0.05, 0) is 30.2 Å². The minimum atomic E-state index is -3.26. The Labute approximate surface area is 107 Å². The highest BCUT2D eigenvalue weighted by Gasteiger charge is 2.30. The summed E-state index contributed by atoms with van der Waals surface area (Å²) in [6.07, 6.45) is 0.585. The highest BCUT2D eigenvalue weighted by Crippen LogP contribution is 2.35. The summed E-state index contributed by atoms with van der Waals surface area (Å²) >= 11 is 0. The number of fused-ring (bicyclic) bond motifs is 1. The standard InChI is InChI=1S/C14H13NO2S/c16-18(17)11-10-12-6-4-5-9-14(12)15(18)13-7-2-1-3-8-13/h1-9H,10-11H2. The van der Waals surface area contributed by atoms with Crippen molar-refractivity contribution >= 4 is 21.4 Å². The van der Waals surface area contributed by atoms with Crippen molar-refractivity contribution in [2.75, 3.05) is 10.1 Å². The van der Waals surface area contributed by atoms with E-state index < -0.39 is 10.0 Å². The van der Waals surface area contributed by atoms with E-state index >= 15 is 0 Å². The fraction of sp³-hybridized carbons (Fsp3) is 0.143. The summed E-state index contributed by atoms with van der Waals surface area (Å²) in [7, 11) is -3.26. The fourth-order valence-electron chi connectivity index (χ4n) is 2.26. The Morgan fingerprint density at radius 3 is 2.33 bits per heavy atom. The van der Waals surface area contributed by atoms with Gasteiger partial charge in [0.1, 0.15) is 0 Å². The smallest absolute Gasteiger partial charge is 0.238 e. The van der Waals surface area contributed by atoms with E-state index in [-0.39, 0.29) is 5.75 Å². The predicted molar refractivity (Wildman–Crippen MR) is 72.5 cm³/mol. The maximum absolute atomic E-state index is 12.3. The van der Waals surface area contributed by atoms with Crippen LogP contribution < -0.4 is 4.31 Å². The van der Waals surface area contributed by atoms with E-state index in [0.29, 0.717) is 12.1 Å². The lowest BCUT2D eigenvalue weighted by atomic mass is 10.1. The second-order valence-corrected chi connectivity index (χ2v) is 6.23. The van der Waals surface area contributed by atoms with E-state index in [1.54, 1.807) is 0 Å². The third-order valence-corrected chi connectivity index (χ3v) is 4.79. The van der Waals surface area contributed by atoms with E-state index in [9.17, 15) is 8.42 Å². The summed E-state index contributed by atoms with van der Waals surface area (Å²) in [5.41, 5.74) is 2.55. The van der Waals surface area contributed by atoms with Gasteiger partial charge in [-0.15, -0.1) is 0 Å². The zero-order valence-electron chi connectivity index (χ0n) is 9.78. The van der Waals surface area contributed by atoms with Crippen LogP contribution >= 0.6 is 0 Å². The highest BCUT2D eigenvalue weighted by molar-refractivity contribution is 7.93. The van der Waals surface area contributed by atoms with Crippen molar-refractivity contribution in [2.45, 2.75) is 6.42 Å². The van der Waals surface area contributed by atoms with Crippen LogP contribution in [0.3, 0.4) is 0 Å². The molecule has 1 heterocycles. The van der Waals surface area contributed by atoms with Crippen LogP contribution in [0.4, 0.5) is 11.4 Å². The van der Waals surface area contributed by atoms with Crippen LogP contribution in [-0.4, -0.2) is 14.2 Å². The minimum Gasteiger partial charge on any atom is -0.238 e. The lowest BCUT2D eigenvalue weighted by Crippen LogP contribution is -2.33. The molecular weight excluding hydrogens is 246 g/mol. The van der Waals surface area contributed by atoms with Gasteiger partial charge < -0.3 is 0 Å². The van der Waals surface area contributed by atoms with Crippen LogP contribution in [0.1, 0.15) is 5.56 Å². The summed E-state index contributed by atoms with van der Waals surface area (Å²) in [4.78, 5) is 0. The van der Waals surface area contributed by atoms with Crippen LogP contribution in [0.5, 0.6) is 0 Å². The number of hydrogen-bond donors (Lipinski definition) is 0. The normalized spacial score (nSPS) is 17.2. The Morgan fingerprint density at radius 2 is 1.56 bits per heavy atom. The van der Waals surface area contributed by atoms with Crippen LogP contribution in [0.15, 0.2) is 54.6 Å². The van der Waals surface area contributed by atoms with E-state index in [2.05, 4.69) is 0 Å². The van der Waals surface area contributed by atoms with Crippen LogP contribution in [0, 0.1) is 0 Å². The number of rotatable bonds is 1. The summed E-state index contributed by atoms with van der Waals surface area (Å²) < 4.78 is 26.0. The predicted octanol–water partition coefficient (Wildman–Crippen LogP) is 2.71. The summed E-state index contributed by atoms with van der Waals surface area (Å²) in [5, 5.41) is 0. The lowest BCUT2D eigenvalue weighted by Gasteiger charge is -2.30. The van der Waals surface area contributed by atoms with Gasteiger partial charge in [-0.3, -0.25) is 0 Å². The molecule has 18 heavy (non-hydrogen) atoms. The molecule has 1 aliphatic rings. The van der Waals surface area contributed by atoms with E-state index in [1.807, 2.05) is 54.6 Å². The molecular formula is C14H13NO2S. The molecule has 2 aromatic carbocycles. The number of benzene rings is 2. The molecule has 0 N–H and O–H groups in total. The molecule has 0 aliphatic carbocycles. The fourth-order valence-corrected chi connectivity index (χ4v) is 3.84. The van der Waals surface area contributed by atoms with Gasteiger partial charge in [0.2, 0.25) is 10.0 Å². The SMILES string of the molecule is O=S1(=O)CCc2ccccc2N1c1ccccc1. The second kappa shape index (κ2) is 4.14. The molecule has 3 rings (SSSR count). The second-order valence-electron chi connectivity index (χ2n) is 4.29. The average Bonchev–Trinajstić information content (AvgIpc) is 2.39. The number of para-hydroxylation sites is 2. The van der Waals surface area contributed by atoms with E-state index in [1.165, 1.54) is 4.31 Å². The Morgan fingerprint density at radius 1 is 0.889 bits per heavy atom. The van der Waals surface area contributed by atoms with Gasteiger partial charge in [0.25, 0.3) is 0 Å². The first kappa shape index (κ1) is 11.3. The third kappa shape index (κ3) is 1.78. The molecule has 3 nitrogen and oxygen atoms in total. The molecule has 92 valence electrons. The molecule has 0 radical (unpaired) electrons. The molecule has 0 saturated carbocycles. The van der Waals surface area contributed by atoms with Gasteiger partial charge in [-0.25, -0.2) is 12.7 Å². The number of nitrogens with zero attached hydrogens (tertiary/aromatic N) is 1. The van der Waals surface area contributed by atoms with Crippen LogP contribution in [0.2, 0.25) is 0 Å². The zero-order chi connectivity index (χ0) is 12.6. The van der Waals surface area contributed by atoms with Gasteiger partial charge in [0, 0.05) is 0 Å². The molecule has 4 heteroatoms. The monoisotopic (exact) mass is 259 g/mol. The minimum absolute atomic E-state index is 0.166. The molecule has 0 saturated heterocycles. The highest BCUT2D eigenvalue weighted by atomic mass is 32.2. The summed E-state index contributed by atoms with van der Waals surface area (Å²) in [5.74, 6) is 0.166. The first-order chi connectivity index (χ1) is 8.68. The third-order valence-electron chi connectivity index (χ3n) is 3.11. The molecule has 0 fully saturated rings. The topological polar surface area (TPSA) is 37.4 Å². The molecule has 1 aliphatic heterocycles. The molecule has 0 amide bonds. The van der Waals surface area contributed by atoms with E-state index in [0.717, 1.165) is 11.3 Å². The first-order valence-electron chi connectivity index (χ1n) is 5.84. The molecule has 0 atom stereocenters. The van der Waals surface area contributed by atoms with Crippen molar-refractivity contribution in [3.05, 3.63) is 60.2 Å². The number of hydrogen-bond acceptors (Lipinski definition) is 2. The summed E-state index contributed by atoms with van der Waals surface area (Å²) in [6.45, 7) is 0. The van der Waals surface area contributed by atoms with Gasteiger partial charge in [0.05, 0.1) is 17.1 Å². The molecule has 0 unspecified atom stereocenters. The quantitative estimate of drug-likeness (QED) is 0.789. The largest absolute Gasteiger partial charge is 0.239 e. The van der Waals surface area contributed by atoms with Crippen molar-refractivity contribution in [1.29, 1.82) is 0 Å². The van der Waals surface area contributed by atoms with Crippen molar-refractivity contribution in [2.24, 2.45) is 0 Å². The number of aryl methyl sites for hydroxylation is 1. The van der Waals surface area contributed by atoms with Crippen molar-refractivity contribution < 1.29 is 8.42 Å². The molecule has 2 aromatic rings. The van der Waals surface area contributed by atoms with Gasteiger partial charge >= 0.3 is 0 Å². The molecule has 0 bridgehead atoms. The Hall–Kier alpha value is -1.81. The van der Waals surface area contributed by atoms with E-state index in [4.69, 9.17) is 0 Å². The Bertz CT molecular complexity index is 665. The molecule has 0 aromatic heterocycles. The first-order valence-corrected chi connectivity index (χ1v) is 7.45. The average molecular weight is 259 g/mol. The number of sulfonamides is 1. The maximum atomic E-state index is 12.3. The maximum Gasteiger partial charge on any atom is 0.239 e. The molecule has 0 spiro atoms.